The second kappa shape index (κ2) is 40.1. The molecule has 1 saturated heterocycles. The number of carbonyl (C=O) groups is 2. The Kier molecular flexibility index (Phi) is 36.9. The van der Waals surface area contributed by atoms with Crippen molar-refractivity contribution in [2.24, 2.45) is 0 Å². The molecular formula is C51H84O12S. The van der Waals surface area contributed by atoms with E-state index in [1.165, 1.54) is 32.1 Å². The zero-order chi connectivity index (χ0) is 46.9. The van der Waals surface area contributed by atoms with Gasteiger partial charge < -0.3 is 34.3 Å². The molecule has 6 unspecified atom stereocenters. The third-order valence-electron chi connectivity index (χ3n) is 10.5. The van der Waals surface area contributed by atoms with E-state index >= 15 is 0 Å². The molecule has 1 fully saturated rings. The molecule has 4 N–H and O–H groups in total. The molecule has 12 nitrogen and oxygen atoms in total. The highest BCUT2D eigenvalue weighted by Crippen LogP contribution is 2.24. The van der Waals surface area contributed by atoms with E-state index < -0.39 is 71.2 Å². The number of ether oxygens (including phenoxy) is 4. The van der Waals surface area contributed by atoms with Crippen LogP contribution >= 0.6 is 0 Å². The van der Waals surface area contributed by atoms with Gasteiger partial charge in [0, 0.05) is 12.8 Å². The van der Waals surface area contributed by atoms with Crippen molar-refractivity contribution in [3.05, 3.63) is 85.1 Å². The molecule has 0 aliphatic carbocycles. The van der Waals surface area contributed by atoms with Crippen molar-refractivity contribution < 1.29 is 56.8 Å². The molecule has 0 spiro atoms. The van der Waals surface area contributed by atoms with Crippen LogP contribution in [-0.4, -0.2) is 96.0 Å². The van der Waals surface area contributed by atoms with Crippen LogP contribution in [0.2, 0.25) is 0 Å². The van der Waals surface area contributed by atoms with E-state index in [1.54, 1.807) is 0 Å². The van der Waals surface area contributed by atoms with E-state index in [2.05, 4.69) is 98.9 Å². The Balaban J connectivity index is 2.39. The summed E-state index contributed by atoms with van der Waals surface area (Å²) in [5.74, 6) is -2.04. The van der Waals surface area contributed by atoms with E-state index in [4.69, 9.17) is 18.9 Å². The van der Waals surface area contributed by atoms with Crippen molar-refractivity contribution in [2.75, 3.05) is 19.0 Å². The van der Waals surface area contributed by atoms with Gasteiger partial charge in [-0.3, -0.25) is 14.1 Å². The molecule has 1 rings (SSSR count). The summed E-state index contributed by atoms with van der Waals surface area (Å²) >= 11 is 0. The summed E-state index contributed by atoms with van der Waals surface area (Å²) in [4.78, 5) is 25.4. The zero-order valence-electron chi connectivity index (χ0n) is 39.1. The summed E-state index contributed by atoms with van der Waals surface area (Å²) in [6, 6.07) is 0. The summed E-state index contributed by atoms with van der Waals surface area (Å²) in [5.41, 5.74) is 0. The van der Waals surface area contributed by atoms with Crippen molar-refractivity contribution in [3.8, 4) is 0 Å². The van der Waals surface area contributed by atoms with Gasteiger partial charge in [-0.05, 0) is 83.5 Å². The number of allylic oxidation sites excluding steroid dienone is 14. The SMILES string of the molecule is CC/C=C\C/C=C\C/C=C\C/C=C\CCCCCCCCCCCCC(=O)OC(COC(=O)CCCCC/C=C\C/C=C\C/C=C\CC)COC1OC(CS(=O)(=O)O)C(O)C(O)C1O. The maximum atomic E-state index is 12.9. The molecule has 1 aliphatic heterocycles. The maximum Gasteiger partial charge on any atom is 0.306 e. The topological polar surface area (TPSA) is 186 Å². The lowest BCUT2D eigenvalue weighted by molar-refractivity contribution is -0.297. The maximum absolute atomic E-state index is 12.9. The standard InChI is InChI=1S/C51H84O12S/c1-3-5-7-9-11-13-15-17-18-19-20-21-22-23-24-25-26-28-30-32-34-36-38-40-47(53)62-44(42-61-51-50(56)49(55)48(54)45(63-51)43-64(57,58)59)41-60-46(52)39-37-35-33-31-29-27-16-14-12-10-8-6-4-2/h5-8,11-14,17-18,20-21,27,29,44-45,48-51,54-56H,3-4,9-10,15-16,19,22-26,28,30-43H2,1-2H3,(H,57,58,59)/b7-5-,8-6-,13-11-,14-12-,18-17-,21-20-,29-27-. The van der Waals surface area contributed by atoms with Crippen LogP contribution in [0.3, 0.4) is 0 Å². The predicted molar refractivity (Wildman–Crippen MR) is 256 cm³/mol. The van der Waals surface area contributed by atoms with Gasteiger partial charge in [0.1, 0.15) is 36.8 Å². The first-order chi connectivity index (χ1) is 31.0. The smallest absolute Gasteiger partial charge is 0.306 e. The quantitative estimate of drug-likeness (QED) is 0.0198. The van der Waals surface area contributed by atoms with Gasteiger partial charge in [0.15, 0.2) is 12.4 Å². The molecule has 0 aromatic carbocycles. The lowest BCUT2D eigenvalue weighted by atomic mass is 10.00. The van der Waals surface area contributed by atoms with Crippen molar-refractivity contribution in [3.63, 3.8) is 0 Å². The first-order valence-corrected chi connectivity index (χ1v) is 25.8. The number of rotatable bonds is 39. The van der Waals surface area contributed by atoms with E-state index in [1.807, 2.05) is 0 Å². The summed E-state index contributed by atoms with van der Waals surface area (Å²) in [5, 5.41) is 30.9. The monoisotopic (exact) mass is 921 g/mol. The number of aliphatic hydroxyl groups excluding tert-OH is 3. The molecule has 64 heavy (non-hydrogen) atoms. The van der Waals surface area contributed by atoms with Gasteiger partial charge in [0.2, 0.25) is 0 Å². The Hall–Kier alpha value is -3.17. The molecule has 0 bridgehead atoms. The van der Waals surface area contributed by atoms with E-state index in [0.717, 1.165) is 96.3 Å². The van der Waals surface area contributed by atoms with Crippen LogP contribution in [0.25, 0.3) is 0 Å². The van der Waals surface area contributed by atoms with Crippen LogP contribution in [0.4, 0.5) is 0 Å². The van der Waals surface area contributed by atoms with E-state index in [9.17, 15) is 37.9 Å². The second-order valence-corrected chi connectivity index (χ2v) is 17.9. The Bertz CT molecular complexity index is 1500. The Morgan fingerprint density at radius 3 is 1.41 bits per heavy atom. The number of hydrogen-bond donors (Lipinski definition) is 4. The predicted octanol–water partition coefficient (Wildman–Crippen LogP) is 10.4. The van der Waals surface area contributed by atoms with Crippen molar-refractivity contribution in [1.29, 1.82) is 0 Å². The minimum Gasteiger partial charge on any atom is -0.462 e. The fourth-order valence-corrected chi connectivity index (χ4v) is 7.49. The highest BCUT2D eigenvalue weighted by Gasteiger charge is 2.46. The molecule has 13 heteroatoms. The van der Waals surface area contributed by atoms with Gasteiger partial charge in [-0.2, -0.15) is 8.42 Å². The first-order valence-electron chi connectivity index (χ1n) is 24.1. The van der Waals surface area contributed by atoms with Crippen molar-refractivity contribution in [1.82, 2.24) is 0 Å². The zero-order valence-corrected chi connectivity index (χ0v) is 39.9. The third kappa shape index (κ3) is 34.2. The molecule has 0 saturated carbocycles. The number of esters is 2. The molecule has 0 aromatic heterocycles. The average Bonchev–Trinajstić information content (AvgIpc) is 3.26. The lowest BCUT2D eigenvalue weighted by Crippen LogP contribution is -2.60. The molecule has 0 radical (unpaired) electrons. The van der Waals surface area contributed by atoms with Crippen LogP contribution in [0.1, 0.15) is 168 Å². The molecule has 0 amide bonds. The summed E-state index contributed by atoms with van der Waals surface area (Å²) in [6.07, 6.45) is 43.4. The molecule has 366 valence electrons. The first kappa shape index (κ1) is 58.8. The van der Waals surface area contributed by atoms with Crippen LogP contribution in [-0.2, 0) is 38.7 Å². The lowest BCUT2D eigenvalue weighted by Gasteiger charge is -2.40. The van der Waals surface area contributed by atoms with Gasteiger partial charge in [-0.25, -0.2) is 0 Å². The number of hydrogen-bond acceptors (Lipinski definition) is 11. The summed E-state index contributed by atoms with van der Waals surface area (Å²) < 4.78 is 54.1. The Morgan fingerprint density at radius 1 is 0.531 bits per heavy atom. The fraction of sp³-hybridized carbons (Fsp3) is 0.686. The van der Waals surface area contributed by atoms with E-state index in [-0.39, 0.29) is 19.4 Å². The minimum atomic E-state index is -4.61. The van der Waals surface area contributed by atoms with Crippen LogP contribution in [0.15, 0.2) is 85.1 Å². The largest absolute Gasteiger partial charge is 0.462 e. The van der Waals surface area contributed by atoms with Gasteiger partial charge in [0.25, 0.3) is 10.1 Å². The minimum absolute atomic E-state index is 0.147. The fourth-order valence-electron chi connectivity index (χ4n) is 6.80. The highest BCUT2D eigenvalue weighted by molar-refractivity contribution is 7.85. The third-order valence-corrected chi connectivity index (χ3v) is 11.2. The summed E-state index contributed by atoms with van der Waals surface area (Å²) in [7, 11) is -4.61. The van der Waals surface area contributed by atoms with Crippen molar-refractivity contribution in [2.45, 2.75) is 205 Å². The van der Waals surface area contributed by atoms with Crippen molar-refractivity contribution >= 4 is 22.1 Å². The summed E-state index contributed by atoms with van der Waals surface area (Å²) in [6.45, 7) is 3.50. The van der Waals surface area contributed by atoms with Gasteiger partial charge in [0.05, 0.1) is 6.61 Å². The van der Waals surface area contributed by atoms with Crippen LogP contribution < -0.4 is 0 Å². The van der Waals surface area contributed by atoms with Crippen LogP contribution in [0, 0.1) is 0 Å². The second-order valence-electron chi connectivity index (χ2n) is 16.4. The molecule has 1 aliphatic rings. The molecular weight excluding hydrogens is 837 g/mol. The van der Waals surface area contributed by atoms with Gasteiger partial charge >= 0.3 is 11.9 Å². The van der Waals surface area contributed by atoms with Gasteiger partial charge in [-0.15, -0.1) is 0 Å². The van der Waals surface area contributed by atoms with E-state index in [0.29, 0.717) is 12.8 Å². The number of carbonyl (C=O) groups excluding carboxylic acids is 2. The normalized spacial score (nSPS) is 20.4. The number of aliphatic hydroxyl groups is 3. The molecule has 6 atom stereocenters. The molecule has 0 aromatic rings. The molecule has 1 heterocycles. The Labute approximate surface area is 386 Å². The van der Waals surface area contributed by atoms with Gasteiger partial charge in [-0.1, -0.05) is 157 Å². The highest BCUT2D eigenvalue weighted by atomic mass is 32.2. The Morgan fingerprint density at radius 2 is 0.938 bits per heavy atom. The number of unbranched alkanes of at least 4 members (excludes halogenated alkanes) is 13. The van der Waals surface area contributed by atoms with Crippen LogP contribution in [0.5, 0.6) is 0 Å². The average molecular weight is 921 g/mol.